The summed E-state index contributed by atoms with van der Waals surface area (Å²) in [5.41, 5.74) is 7.62. The average molecular weight is 650 g/mol. The third-order valence-corrected chi connectivity index (χ3v) is 9.95. The van der Waals surface area contributed by atoms with E-state index in [1.165, 1.54) is 11.3 Å². The lowest BCUT2D eigenvalue weighted by Crippen LogP contribution is -2.11. The van der Waals surface area contributed by atoms with Crippen LogP contribution in [0.4, 0.5) is 0 Å². The molecule has 0 N–H and O–H groups in total. The third-order valence-electron chi connectivity index (χ3n) is 8.91. The van der Waals surface area contributed by atoms with E-state index in [1.807, 2.05) is 127 Å². The molecule has 0 amide bonds. The summed E-state index contributed by atoms with van der Waals surface area (Å²) in [6, 6.07) is 45.8. The van der Waals surface area contributed by atoms with Crippen LogP contribution in [0.2, 0.25) is 0 Å². The molecule has 0 aliphatic carbocycles. The summed E-state index contributed by atoms with van der Waals surface area (Å²) in [6.45, 7) is 0. The van der Waals surface area contributed by atoms with Crippen molar-refractivity contribution >= 4 is 59.4 Å². The number of fused-ring (bicyclic) bond motifs is 7. The molecule has 0 bridgehead atoms. The van der Waals surface area contributed by atoms with Gasteiger partial charge >= 0.3 is 0 Å². The normalized spacial score (nSPS) is 11.8. The van der Waals surface area contributed by atoms with Gasteiger partial charge in [0.1, 0.15) is 11.2 Å². The minimum Gasteiger partial charge on any atom is -0.456 e. The Bertz CT molecular complexity index is 2910. The van der Waals surface area contributed by atoms with Gasteiger partial charge in [0.25, 0.3) is 5.56 Å². The lowest BCUT2D eigenvalue weighted by Gasteiger charge is -2.09. The zero-order valence-corrected chi connectivity index (χ0v) is 26.6. The zero-order chi connectivity index (χ0) is 32.5. The van der Waals surface area contributed by atoms with E-state index in [0.29, 0.717) is 27.8 Å². The van der Waals surface area contributed by atoms with E-state index < -0.39 is 0 Å². The van der Waals surface area contributed by atoms with Crippen molar-refractivity contribution in [1.29, 1.82) is 0 Å². The summed E-state index contributed by atoms with van der Waals surface area (Å²) >= 11 is 1.52. The molecule has 8 heteroatoms. The molecule has 0 saturated carbocycles. The van der Waals surface area contributed by atoms with Gasteiger partial charge in [-0.15, -0.1) is 0 Å². The Morgan fingerprint density at radius 1 is 0.531 bits per heavy atom. The highest BCUT2D eigenvalue weighted by atomic mass is 32.1. The summed E-state index contributed by atoms with van der Waals surface area (Å²) in [5, 5.41) is 2.51. The van der Waals surface area contributed by atoms with Crippen molar-refractivity contribution in [2.45, 2.75) is 0 Å². The number of para-hydroxylation sites is 2. The Balaban J connectivity index is 1.17. The number of imidazole rings is 1. The molecule has 0 fully saturated rings. The fraction of sp³-hybridized carbons (Fsp3) is 0. The summed E-state index contributed by atoms with van der Waals surface area (Å²) in [5.74, 6) is 1.76. The molecular weight excluding hydrogens is 627 g/mol. The minimum atomic E-state index is -0.0744. The standard InChI is InChI=1S/C41H23N5O2S/c47-40-30-23-27(19-21-35(30)49-41-42-31-15-7-8-16-32(31)46(40)41)26-18-20-33-29(22-26)36-28(14-9-17-34(36)48-33)39-44-37(24-10-3-1-4-11-24)43-38(45-39)25-12-5-2-6-13-25/h1-23H. The molecular formula is C41H23N5O2S. The maximum Gasteiger partial charge on any atom is 0.266 e. The van der Waals surface area contributed by atoms with Crippen LogP contribution in [0, 0.1) is 0 Å². The minimum absolute atomic E-state index is 0.0744. The van der Waals surface area contributed by atoms with Gasteiger partial charge in [-0.05, 0) is 53.6 Å². The second kappa shape index (κ2) is 10.8. The number of aromatic nitrogens is 5. The van der Waals surface area contributed by atoms with Crippen molar-refractivity contribution in [3.63, 3.8) is 0 Å². The van der Waals surface area contributed by atoms with Crippen molar-refractivity contribution in [3.05, 3.63) is 150 Å². The van der Waals surface area contributed by atoms with Crippen LogP contribution in [-0.2, 0) is 0 Å². The Labute approximate surface area is 282 Å². The molecule has 0 aliphatic heterocycles. The topological polar surface area (TPSA) is 86.2 Å². The van der Waals surface area contributed by atoms with Crippen LogP contribution < -0.4 is 5.56 Å². The van der Waals surface area contributed by atoms with Gasteiger partial charge in [-0.25, -0.2) is 24.3 Å². The van der Waals surface area contributed by atoms with Crippen molar-refractivity contribution in [2.75, 3.05) is 0 Å². The SMILES string of the molecule is O=c1c2cc(-c3ccc4oc5cccc(-c6nc(-c7ccccc7)nc(-c7ccccc7)n6)c5c4c3)ccc2sc2nc3ccccc3n12. The van der Waals surface area contributed by atoms with Crippen LogP contribution in [-0.4, -0.2) is 24.3 Å². The molecule has 10 aromatic rings. The number of furan rings is 1. The van der Waals surface area contributed by atoms with Gasteiger partial charge < -0.3 is 4.42 Å². The molecule has 4 aromatic heterocycles. The monoisotopic (exact) mass is 649 g/mol. The van der Waals surface area contributed by atoms with E-state index >= 15 is 0 Å². The summed E-state index contributed by atoms with van der Waals surface area (Å²) in [6.07, 6.45) is 0. The van der Waals surface area contributed by atoms with Crippen LogP contribution in [0.25, 0.3) is 93.3 Å². The maximum atomic E-state index is 13.8. The Kier molecular flexibility index (Phi) is 6.06. The average Bonchev–Trinajstić information content (AvgIpc) is 3.73. The molecule has 7 nitrogen and oxygen atoms in total. The first-order chi connectivity index (χ1) is 24.2. The molecule has 0 radical (unpaired) electrons. The molecule has 230 valence electrons. The van der Waals surface area contributed by atoms with Gasteiger partial charge in [-0.2, -0.15) is 0 Å². The second-order valence-electron chi connectivity index (χ2n) is 11.9. The van der Waals surface area contributed by atoms with Crippen molar-refractivity contribution in [1.82, 2.24) is 24.3 Å². The van der Waals surface area contributed by atoms with Gasteiger partial charge in [0.15, 0.2) is 22.4 Å². The molecule has 4 heterocycles. The van der Waals surface area contributed by atoms with Crippen molar-refractivity contribution in [2.24, 2.45) is 0 Å². The van der Waals surface area contributed by atoms with Crippen molar-refractivity contribution in [3.8, 4) is 45.3 Å². The summed E-state index contributed by atoms with van der Waals surface area (Å²) in [7, 11) is 0. The van der Waals surface area contributed by atoms with Crippen molar-refractivity contribution < 1.29 is 4.42 Å². The van der Waals surface area contributed by atoms with Gasteiger partial charge in [0, 0.05) is 32.2 Å². The molecule has 0 spiro atoms. The number of hydrogen-bond donors (Lipinski definition) is 0. The number of hydrogen-bond acceptors (Lipinski definition) is 7. The van der Waals surface area contributed by atoms with E-state index in [0.717, 1.165) is 65.5 Å². The highest BCUT2D eigenvalue weighted by molar-refractivity contribution is 7.23. The number of nitrogens with zero attached hydrogens (tertiary/aromatic N) is 5. The van der Waals surface area contributed by atoms with Gasteiger partial charge in [-0.3, -0.25) is 4.79 Å². The molecule has 0 saturated heterocycles. The Morgan fingerprint density at radius 3 is 1.94 bits per heavy atom. The van der Waals surface area contributed by atoms with E-state index in [1.54, 1.807) is 4.40 Å². The van der Waals surface area contributed by atoms with Crippen LogP contribution in [0.15, 0.2) is 149 Å². The molecule has 49 heavy (non-hydrogen) atoms. The smallest absolute Gasteiger partial charge is 0.266 e. The van der Waals surface area contributed by atoms with Crippen LogP contribution in [0.5, 0.6) is 0 Å². The largest absolute Gasteiger partial charge is 0.456 e. The first-order valence-electron chi connectivity index (χ1n) is 15.8. The van der Waals surface area contributed by atoms with E-state index in [9.17, 15) is 4.79 Å². The number of benzene rings is 6. The Hall–Kier alpha value is -6.51. The van der Waals surface area contributed by atoms with Gasteiger partial charge in [0.2, 0.25) is 0 Å². The molecule has 0 aliphatic rings. The summed E-state index contributed by atoms with van der Waals surface area (Å²) in [4.78, 5) is 34.1. The lowest BCUT2D eigenvalue weighted by molar-refractivity contribution is 0.669. The number of rotatable bonds is 4. The first-order valence-corrected chi connectivity index (χ1v) is 16.7. The predicted molar refractivity (Wildman–Crippen MR) is 197 cm³/mol. The quantitative estimate of drug-likeness (QED) is 0.189. The lowest BCUT2D eigenvalue weighted by atomic mass is 10.00. The Morgan fingerprint density at radius 2 is 1.18 bits per heavy atom. The predicted octanol–water partition coefficient (Wildman–Crippen LogP) is 9.81. The van der Waals surface area contributed by atoms with Gasteiger partial charge in [0.05, 0.1) is 16.4 Å². The summed E-state index contributed by atoms with van der Waals surface area (Å²) < 4.78 is 8.99. The molecule has 0 atom stereocenters. The van der Waals surface area contributed by atoms with E-state index in [2.05, 4.69) is 12.1 Å². The highest BCUT2D eigenvalue weighted by Gasteiger charge is 2.19. The van der Waals surface area contributed by atoms with Gasteiger partial charge in [-0.1, -0.05) is 108 Å². The third kappa shape index (κ3) is 4.46. The maximum absolute atomic E-state index is 13.8. The fourth-order valence-corrected chi connectivity index (χ4v) is 7.58. The molecule has 0 unspecified atom stereocenters. The molecule has 10 rings (SSSR count). The van der Waals surface area contributed by atoms with Crippen LogP contribution in [0.1, 0.15) is 0 Å². The first kappa shape index (κ1) is 27.6. The van der Waals surface area contributed by atoms with E-state index in [-0.39, 0.29) is 5.56 Å². The highest BCUT2D eigenvalue weighted by Crippen LogP contribution is 2.39. The fourth-order valence-electron chi connectivity index (χ4n) is 6.57. The van der Waals surface area contributed by atoms with E-state index in [4.69, 9.17) is 24.4 Å². The second-order valence-corrected chi connectivity index (χ2v) is 12.9. The molecule has 6 aromatic carbocycles. The zero-order valence-electron chi connectivity index (χ0n) is 25.7. The van der Waals surface area contributed by atoms with Crippen LogP contribution in [0.3, 0.4) is 0 Å². The van der Waals surface area contributed by atoms with Crippen LogP contribution >= 0.6 is 11.3 Å².